The van der Waals surface area contributed by atoms with Gasteiger partial charge in [-0.1, -0.05) is 104 Å². The minimum atomic E-state index is -2.83. The maximum absolute atomic E-state index is 15.3. The van der Waals surface area contributed by atoms with Crippen molar-refractivity contribution in [2.75, 3.05) is 68.5 Å². The van der Waals surface area contributed by atoms with Crippen molar-refractivity contribution in [2.45, 2.75) is 248 Å². The molecule has 540 valence electrons. The lowest BCUT2D eigenvalue weighted by molar-refractivity contribution is -0.166. The molecule has 13 atom stereocenters. The van der Waals surface area contributed by atoms with E-state index in [9.17, 15) is 57.4 Å². The molecule has 0 spiro atoms. The summed E-state index contributed by atoms with van der Waals surface area (Å²) in [4.78, 5) is 170. The van der Waals surface area contributed by atoms with Gasteiger partial charge in [0.2, 0.25) is 53.2 Å². The molecule has 0 aromatic heterocycles. The van der Waals surface area contributed by atoms with E-state index in [1.54, 1.807) is 39.5 Å². The number of nitrogens with one attached hydrogen (secondary N) is 4. The predicted octanol–water partition coefficient (Wildman–Crippen LogP) is 3.51. The SMILES string of the molecule is CC(C)C[C@@H]1NC(=O)[C@H](CC(C)C)N(C)C(=O)[C@@H](C(C)C)OC(=O)[C@H](C)NC(=O)[C@H](CC(C)C)N(C)C(=O)[C@H](CC(C)C)NC(=O)[C@H](CC(C)C)N(C)C(=O)CN(C)C(=O)[C@H]([C@@H](C)O)NC(=O)[C@H]([C@H](O)[C@H](C)CCN2CCC(F)(F)CC2)N(C)C(=O)[C@H](C(C)C)N(C)C1=O. The fraction of sp³-hybridized carbons (Fsp3) is 0.836. The molecule has 2 heterocycles. The number of cyclic esters (lactones) is 1. The Bertz CT molecular complexity index is 2560. The number of esters is 1. The lowest BCUT2D eigenvalue weighted by Gasteiger charge is -2.40. The smallest absolute Gasteiger partial charge is 0.329 e. The molecule has 94 heavy (non-hydrogen) atoms. The van der Waals surface area contributed by atoms with Gasteiger partial charge in [0.1, 0.15) is 54.4 Å². The number of likely N-dealkylation sites (tertiary alicyclic amines) is 1. The van der Waals surface area contributed by atoms with Crippen LogP contribution < -0.4 is 21.3 Å². The third-order valence-electron chi connectivity index (χ3n) is 17.8. The highest BCUT2D eigenvalue weighted by molar-refractivity contribution is 5.99. The molecule has 27 heteroatoms. The molecule has 0 bridgehead atoms. The molecule has 2 rings (SSSR count). The van der Waals surface area contributed by atoms with Crippen molar-refractivity contribution in [2.24, 2.45) is 47.3 Å². The van der Waals surface area contributed by atoms with Crippen LogP contribution in [-0.4, -0.2) is 257 Å². The first-order valence-electron chi connectivity index (χ1n) is 33.7. The molecule has 0 aliphatic carbocycles. The Morgan fingerprint density at radius 3 is 1.31 bits per heavy atom. The quantitative estimate of drug-likeness (QED) is 0.107. The van der Waals surface area contributed by atoms with E-state index in [2.05, 4.69) is 21.3 Å². The zero-order chi connectivity index (χ0) is 72.5. The molecule has 6 N–H and O–H groups in total. The monoisotopic (exact) mass is 1340 g/mol. The van der Waals surface area contributed by atoms with Crippen molar-refractivity contribution in [1.82, 2.24) is 55.6 Å². The lowest BCUT2D eigenvalue weighted by Crippen LogP contribution is -2.64. The van der Waals surface area contributed by atoms with Crippen LogP contribution in [0, 0.1) is 47.3 Å². The van der Waals surface area contributed by atoms with Gasteiger partial charge in [-0.3, -0.25) is 47.9 Å². The topological polar surface area (TPSA) is 308 Å². The Hall–Kier alpha value is -6.09. The molecule has 2 saturated heterocycles. The summed E-state index contributed by atoms with van der Waals surface area (Å²) < 4.78 is 34.3. The number of alkyl halides is 2. The summed E-state index contributed by atoms with van der Waals surface area (Å²) in [5, 5.41) is 34.6. The Balaban J connectivity index is 3.03. The second kappa shape index (κ2) is 37.4. The molecule has 0 saturated carbocycles. The van der Waals surface area contributed by atoms with Crippen LogP contribution in [0.1, 0.15) is 169 Å². The van der Waals surface area contributed by atoms with Crippen LogP contribution in [0.5, 0.6) is 0 Å². The lowest BCUT2D eigenvalue weighted by atomic mass is 9.91. The van der Waals surface area contributed by atoms with E-state index in [-0.39, 0.29) is 101 Å². The molecule has 2 aliphatic rings. The zero-order valence-electron chi connectivity index (χ0n) is 60.7. The van der Waals surface area contributed by atoms with E-state index in [4.69, 9.17) is 4.74 Å². The van der Waals surface area contributed by atoms with E-state index in [0.717, 1.165) is 24.5 Å². The second-order valence-electron chi connectivity index (χ2n) is 29.5. The van der Waals surface area contributed by atoms with Crippen molar-refractivity contribution in [3.8, 4) is 0 Å². The molecular weight excluding hydrogens is 1220 g/mol. The van der Waals surface area contributed by atoms with Gasteiger partial charge in [0.15, 0.2) is 6.10 Å². The average molecular weight is 1340 g/mol. The van der Waals surface area contributed by atoms with Crippen molar-refractivity contribution in [3.63, 3.8) is 0 Å². The Morgan fingerprint density at radius 2 is 0.894 bits per heavy atom. The standard InChI is InChI=1S/C67H119F2N11O14/c1-36(2)30-46-61(88)76(20)49(33-39(7)8)57(84)70-44(16)66(93)94-56(42(13)14)65(92)77(21)50(34-40(9)10)59(86)72-47(31-37(3)4)62(89)78(22)53(41(11)12)64(91)79(23)54(55(83)43(15)24-27-80-28-25-67(68,69)26-29-80)60(87)73-52(45(17)81)63(90)74(18)35-51(82)75(19)48(32-38(5)6)58(85)71-46/h36-50,52-56,81,83H,24-35H2,1-23H3,(H,70,84)(H,71,85)(H,72,86)(H,73,87)/t43-,44+,45-,46+,47+,48+,49+,50+,52+,53+,54+,55-,56-/m1/s1. The van der Waals surface area contributed by atoms with E-state index in [0.29, 0.717) is 0 Å². The molecule has 0 radical (unpaired) electrons. The first kappa shape index (κ1) is 84.0. The van der Waals surface area contributed by atoms with Gasteiger partial charge in [0.25, 0.3) is 11.8 Å². The molecular formula is C67H119F2N11O14. The highest BCUT2D eigenvalue weighted by atomic mass is 19.3. The number of carbonyl (C=O) groups is 11. The number of hydrogen-bond acceptors (Lipinski definition) is 15. The van der Waals surface area contributed by atoms with Crippen LogP contribution >= 0.6 is 0 Å². The van der Waals surface area contributed by atoms with Gasteiger partial charge in [0, 0.05) is 68.2 Å². The summed E-state index contributed by atoms with van der Waals surface area (Å²) in [5.41, 5.74) is 0. The number of aliphatic hydroxyl groups is 2. The summed E-state index contributed by atoms with van der Waals surface area (Å²) in [6, 6.07) is -12.7. The largest absolute Gasteiger partial charge is 0.450 e. The summed E-state index contributed by atoms with van der Waals surface area (Å²) in [6.07, 6.45) is -5.08. The van der Waals surface area contributed by atoms with Crippen LogP contribution in [0.15, 0.2) is 0 Å². The number of amides is 10. The van der Waals surface area contributed by atoms with E-state index < -0.39 is 168 Å². The first-order valence-corrected chi connectivity index (χ1v) is 33.7. The Kier molecular flexibility index (Phi) is 33.4. The molecule has 10 amide bonds. The number of halogens is 2. The van der Waals surface area contributed by atoms with Crippen LogP contribution in [-0.2, 0) is 57.5 Å². The van der Waals surface area contributed by atoms with Crippen LogP contribution in [0.4, 0.5) is 8.78 Å². The van der Waals surface area contributed by atoms with Crippen LogP contribution in [0.25, 0.3) is 0 Å². The fourth-order valence-corrected chi connectivity index (χ4v) is 12.0. The van der Waals surface area contributed by atoms with Gasteiger partial charge in [-0.25, -0.2) is 13.6 Å². The van der Waals surface area contributed by atoms with Crippen molar-refractivity contribution >= 4 is 65.0 Å². The average Bonchev–Trinajstić information content (AvgIpc) is 0.809. The summed E-state index contributed by atoms with van der Waals surface area (Å²) in [6.45, 7) is 28.7. The molecule has 0 aromatic rings. The van der Waals surface area contributed by atoms with Crippen molar-refractivity contribution in [1.29, 1.82) is 0 Å². The molecule has 2 aliphatic heterocycles. The van der Waals surface area contributed by atoms with Gasteiger partial charge in [0.05, 0.1) is 18.8 Å². The molecule has 2 fully saturated rings. The Morgan fingerprint density at radius 1 is 0.489 bits per heavy atom. The number of rotatable bonds is 18. The van der Waals surface area contributed by atoms with Crippen LogP contribution in [0.3, 0.4) is 0 Å². The minimum Gasteiger partial charge on any atom is -0.450 e. The first-order chi connectivity index (χ1) is 43.3. The predicted molar refractivity (Wildman–Crippen MR) is 353 cm³/mol. The van der Waals surface area contributed by atoms with Crippen molar-refractivity contribution < 1.29 is 76.5 Å². The molecule has 25 nitrogen and oxygen atoms in total. The number of hydrogen-bond donors (Lipinski definition) is 6. The van der Waals surface area contributed by atoms with E-state index in [1.165, 1.54) is 61.0 Å². The third-order valence-corrected chi connectivity index (χ3v) is 17.8. The number of aliphatic hydroxyl groups excluding tert-OH is 2. The van der Waals surface area contributed by atoms with Gasteiger partial charge >= 0.3 is 5.97 Å². The fourth-order valence-electron chi connectivity index (χ4n) is 12.0. The van der Waals surface area contributed by atoms with E-state index >= 15 is 14.4 Å². The number of likely N-dealkylation sites (N-methyl/N-ethyl adjacent to an activating group) is 6. The summed E-state index contributed by atoms with van der Waals surface area (Å²) in [7, 11) is 7.96. The summed E-state index contributed by atoms with van der Waals surface area (Å²) >= 11 is 0. The molecule has 0 aromatic carbocycles. The minimum absolute atomic E-state index is 0.0424. The number of ether oxygens (including phenoxy) is 1. The van der Waals surface area contributed by atoms with Gasteiger partial charge in [-0.2, -0.15) is 0 Å². The maximum Gasteiger partial charge on any atom is 0.329 e. The second-order valence-corrected chi connectivity index (χ2v) is 29.5. The maximum atomic E-state index is 15.3. The normalized spacial score (nSPS) is 27.4. The van der Waals surface area contributed by atoms with Crippen LogP contribution in [0.2, 0.25) is 0 Å². The van der Waals surface area contributed by atoms with Crippen molar-refractivity contribution in [3.05, 3.63) is 0 Å². The van der Waals surface area contributed by atoms with E-state index in [1.807, 2.05) is 69.2 Å². The highest BCUT2D eigenvalue weighted by Gasteiger charge is 2.46. The number of carbonyl (C=O) groups excluding carboxylic acids is 11. The number of piperidine rings is 1. The summed E-state index contributed by atoms with van der Waals surface area (Å²) in [5.74, 6) is -15.1. The zero-order valence-corrected chi connectivity index (χ0v) is 60.7. The van der Waals surface area contributed by atoms with Gasteiger partial charge in [-0.05, 0) is 106 Å². The van der Waals surface area contributed by atoms with Gasteiger partial charge in [-0.15, -0.1) is 0 Å². The molecule has 0 unspecified atom stereocenters. The van der Waals surface area contributed by atoms with Gasteiger partial charge < -0.3 is 70.5 Å². The third kappa shape index (κ3) is 24.5. The highest BCUT2D eigenvalue weighted by Crippen LogP contribution is 2.30. The number of nitrogens with zero attached hydrogens (tertiary/aromatic N) is 7. The Labute approximate surface area is 558 Å².